The molecule has 1 heterocycles. The molecule has 1 unspecified atom stereocenters. The van der Waals surface area contributed by atoms with Crippen molar-refractivity contribution in [3.8, 4) is 0 Å². The second kappa shape index (κ2) is 4.07. The summed E-state index contributed by atoms with van der Waals surface area (Å²) in [7, 11) is 0. The molecule has 0 aliphatic heterocycles. The zero-order valence-electron chi connectivity index (χ0n) is 7.90. The number of carbonyl (C=O) groups is 1. The molecule has 72 valence electrons. The number of aliphatic carboxylic acids is 1. The van der Waals surface area contributed by atoms with Gasteiger partial charge < -0.3 is 9.67 Å². The molecule has 1 rings (SSSR count). The number of imidazole rings is 1. The lowest BCUT2D eigenvalue weighted by Gasteiger charge is -2.01. The van der Waals surface area contributed by atoms with E-state index in [0.29, 0.717) is 6.42 Å². The summed E-state index contributed by atoms with van der Waals surface area (Å²) in [5, 5.41) is 8.67. The molecular weight excluding hydrogens is 168 g/mol. The van der Waals surface area contributed by atoms with Crippen molar-refractivity contribution < 1.29 is 9.90 Å². The molecule has 0 bridgehead atoms. The number of aryl methyl sites for hydroxylation is 1. The van der Waals surface area contributed by atoms with Gasteiger partial charge in [0.25, 0.3) is 0 Å². The number of nitrogens with zero attached hydrogens (tertiary/aromatic N) is 2. The Kier molecular flexibility index (Phi) is 3.06. The Bertz CT molecular complexity index is 294. The van der Waals surface area contributed by atoms with Crippen molar-refractivity contribution in [2.24, 2.45) is 5.92 Å². The first-order valence-electron chi connectivity index (χ1n) is 4.37. The van der Waals surface area contributed by atoms with Crippen LogP contribution in [0.4, 0.5) is 0 Å². The van der Waals surface area contributed by atoms with E-state index in [0.717, 1.165) is 12.2 Å². The third-order valence-corrected chi connectivity index (χ3v) is 1.99. The quantitative estimate of drug-likeness (QED) is 0.760. The SMILES string of the molecule is CCn1cnc(CC(C)C(=O)O)c1. The van der Waals surface area contributed by atoms with Crippen LogP contribution in [-0.2, 0) is 17.8 Å². The van der Waals surface area contributed by atoms with E-state index in [1.54, 1.807) is 13.3 Å². The molecular formula is C9H14N2O2. The van der Waals surface area contributed by atoms with Crippen LogP contribution in [0.3, 0.4) is 0 Å². The van der Waals surface area contributed by atoms with Crippen LogP contribution in [0.1, 0.15) is 19.5 Å². The normalized spacial score (nSPS) is 12.8. The second-order valence-electron chi connectivity index (χ2n) is 3.14. The van der Waals surface area contributed by atoms with Gasteiger partial charge in [0, 0.05) is 19.2 Å². The molecule has 4 heteroatoms. The van der Waals surface area contributed by atoms with Crippen molar-refractivity contribution >= 4 is 5.97 Å². The Morgan fingerprint density at radius 1 is 1.77 bits per heavy atom. The predicted octanol–water partition coefficient (Wildman–Crippen LogP) is 1.17. The maximum absolute atomic E-state index is 10.5. The summed E-state index contributed by atoms with van der Waals surface area (Å²) >= 11 is 0. The predicted molar refractivity (Wildman–Crippen MR) is 48.4 cm³/mol. The summed E-state index contributed by atoms with van der Waals surface area (Å²) in [6.07, 6.45) is 4.12. The van der Waals surface area contributed by atoms with Gasteiger partial charge in [0.15, 0.2) is 0 Å². The molecule has 1 atom stereocenters. The van der Waals surface area contributed by atoms with Gasteiger partial charge in [0.1, 0.15) is 0 Å². The molecule has 4 nitrogen and oxygen atoms in total. The van der Waals surface area contributed by atoms with Crippen LogP contribution in [0.25, 0.3) is 0 Å². The van der Waals surface area contributed by atoms with Crippen molar-refractivity contribution in [1.29, 1.82) is 0 Å². The molecule has 0 saturated carbocycles. The first kappa shape index (κ1) is 9.77. The summed E-state index contributed by atoms with van der Waals surface area (Å²) in [5.41, 5.74) is 0.844. The van der Waals surface area contributed by atoms with Gasteiger partial charge in [0.05, 0.1) is 17.9 Å². The lowest BCUT2D eigenvalue weighted by atomic mass is 10.1. The monoisotopic (exact) mass is 182 g/mol. The third-order valence-electron chi connectivity index (χ3n) is 1.99. The maximum Gasteiger partial charge on any atom is 0.306 e. The Balaban J connectivity index is 2.58. The minimum absolute atomic E-state index is 0.361. The average Bonchev–Trinajstić information content (AvgIpc) is 2.52. The molecule has 13 heavy (non-hydrogen) atoms. The minimum atomic E-state index is -0.772. The lowest BCUT2D eigenvalue weighted by Crippen LogP contribution is -2.12. The van der Waals surface area contributed by atoms with Gasteiger partial charge in [-0.25, -0.2) is 4.98 Å². The number of carboxylic acids is 1. The standard InChI is InChI=1S/C9H14N2O2/c1-3-11-5-8(10-6-11)4-7(2)9(12)13/h5-7H,3-4H2,1-2H3,(H,12,13). The first-order valence-corrected chi connectivity index (χ1v) is 4.37. The molecule has 0 fully saturated rings. The lowest BCUT2D eigenvalue weighted by molar-refractivity contribution is -0.141. The van der Waals surface area contributed by atoms with E-state index in [-0.39, 0.29) is 5.92 Å². The smallest absolute Gasteiger partial charge is 0.306 e. The van der Waals surface area contributed by atoms with Crippen LogP contribution in [-0.4, -0.2) is 20.6 Å². The van der Waals surface area contributed by atoms with E-state index in [2.05, 4.69) is 4.98 Å². The molecule has 0 radical (unpaired) electrons. The highest BCUT2D eigenvalue weighted by atomic mass is 16.4. The number of hydrogen-bond acceptors (Lipinski definition) is 2. The fourth-order valence-electron chi connectivity index (χ4n) is 1.09. The first-order chi connectivity index (χ1) is 6.13. The Morgan fingerprint density at radius 3 is 2.92 bits per heavy atom. The summed E-state index contributed by atoms with van der Waals surface area (Å²) in [4.78, 5) is 14.7. The zero-order valence-corrected chi connectivity index (χ0v) is 7.90. The summed E-state index contributed by atoms with van der Waals surface area (Å²) in [6.45, 7) is 4.58. The molecule has 0 saturated heterocycles. The molecule has 1 aromatic heterocycles. The highest BCUT2D eigenvalue weighted by Crippen LogP contribution is 2.06. The van der Waals surface area contributed by atoms with Crippen molar-refractivity contribution in [3.05, 3.63) is 18.2 Å². The Morgan fingerprint density at radius 2 is 2.46 bits per heavy atom. The molecule has 0 aliphatic rings. The zero-order chi connectivity index (χ0) is 9.84. The maximum atomic E-state index is 10.5. The van der Waals surface area contributed by atoms with E-state index in [4.69, 9.17) is 5.11 Å². The van der Waals surface area contributed by atoms with E-state index in [1.807, 2.05) is 17.7 Å². The number of rotatable bonds is 4. The molecule has 0 spiro atoms. The Hall–Kier alpha value is -1.32. The van der Waals surface area contributed by atoms with Gasteiger partial charge in [-0.2, -0.15) is 0 Å². The van der Waals surface area contributed by atoms with Crippen molar-refractivity contribution in [1.82, 2.24) is 9.55 Å². The summed E-state index contributed by atoms with van der Waals surface area (Å²) in [6, 6.07) is 0. The van der Waals surface area contributed by atoms with Gasteiger partial charge in [-0.05, 0) is 6.92 Å². The Labute approximate surface area is 77.2 Å². The van der Waals surface area contributed by atoms with Crippen molar-refractivity contribution in [2.75, 3.05) is 0 Å². The molecule has 0 amide bonds. The average molecular weight is 182 g/mol. The van der Waals surface area contributed by atoms with Gasteiger partial charge in [-0.1, -0.05) is 6.92 Å². The van der Waals surface area contributed by atoms with Crippen LogP contribution in [0, 0.1) is 5.92 Å². The largest absolute Gasteiger partial charge is 0.481 e. The van der Waals surface area contributed by atoms with Crippen LogP contribution in [0.5, 0.6) is 0 Å². The molecule has 1 N–H and O–H groups in total. The fraction of sp³-hybridized carbons (Fsp3) is 0.556. The van der Waals surface area contributed by atoms with Crippen LogP contribution in [0.15, 0.2) is 12.5 Å². The van der Waals surface area contributed by atoms with Crippen LogP contribution < -0.4 is 0 Å². The van der Waals surface area contributed by atoms with Gasteiger partial charge >= 0.3 is 5.97 Å². The highest BCUT2D eigenvalue weighted by molar-refractivity contribution is 5.69. The molecule has 0 aromatic carbocycles. The number of hydrogen-bond donors (Lipinski definition) is 1. The van der Waals surface area contributed by atoms with E-state index >= 15 is 0 Å². The van der Waals surface area contributed by atoms with E-state index < -0.39 is 5.97 Å². The summed E-state index contributed by atoms with van der Waals surface area (Å²) in [5.74, 6) is -1.13. The fourth-order valence-corrected chi connectivity index (χ4v) is 1.09. The van der Waals surface area contributed by atoms with Gasteiger partial charge in [0.2, 0.25) is 0 Å². The highest BCUT2D eigenvalue weighted by Gasteiger charge is 2.12. The second-order valence-corrected chi connectivity index (χ2v) is 3.14. The van der Waals surface area contributed by atoms with Gasteiger partial charge in [-0.3, -0.25) is 4.79 Å². The van der Waals surface area contributed by atoms with Crippen molar-refractivity contribution in [3.63, 3.8) is 0 Å². The minimum Gasteiger partial charge on any atom is -0.481 e. The molecule has 1 aromatic rings. The number of carboxylic acid groups (broad SMARTS) is 1. The van der Waals surface area contributed by atoms with E-state index in [9.17, 15) is 4.79 Å². The van der Waals surface area contributed by atoms with Gasteiger partial charge in [-0.15, -0.1) is 0 Å². The topological polar surface area (TPSA) is 55.1 Å². The number of aromatic nitrogens is 2. The van der Waals surface area contributed by atoms with Crippen LogP contribution >= 0.6 is 0 Å². The molecule has 0 aliphatic carbocycles. The van der Waals surface area contributed by atoms with Crippen LogP contribution in [0.2, 0.25) is 0 Å². The third kappa shape index (κ3) is 2.57. The summed E-state index contributed by atoms with van der Waals surface area (Å²) < 4.78 is 1.93. The van der Waals surface area contributed by atoms with Crippen molar-refractivity contribution in [2.45, 2.75) is 26.8 Å². The van der Waals surface area contributed by atoms with E-state index in [1.165, 1.54) is 0 Å².